The van der Waals surface area contributed by atoms with Crippen LogP contribution in [0.25, 0.3) is 10.9 Å². The van der Waals surface area contributed by atoms with E-state index in [-0.39, 0.29) is 19.3 Å². The van der Waals surface area contributed by atoms with Gasteiger partial charge in [0.15, 0.2) is 0 Å². The highest BCUT2D eigenvalue weighted by Gasteiger charge is 2.38. The Morgan fingerprint density at radius 2 is 2.03 bits per heavy atom. The summed E-state index contributed by atoms with van der Waals surface area (Å²) in [5.74, 6) is 0.611. The highest BCUT2D eigenvalue weighted by molar-refractivity contribution is 6.31. The van der Waals surface area contributed by atoms with E-state index < -0.39 is 18.6 Å². The Morgan fingerprint density at radius 3 is 2.80 bits per heavy atom. The fourth-order valence-corrected chi connectivity index (χ4v) is 5.05. The van der Waals surface area contributed by atoms with Crippen LogP contribution in [0.1, 0.15) is 42.6 Å². The lowest BCUT2D eigenvalue weighted by Crippen LogP contribution is -2.44. The van der Waals surface area contributed by atoms with Gasteiger partial charge in [0.25, 0.3) is 0 Å². The molecule has 35 heavy (non-hydrogen) atoms. The topological polar surface area (TPSA) is 60.5 Å². The summed E-state index contributed by atoms with van der Waals surface area (Å²) in [7, 11) is 0. The molecule has 2 heterocycles. The molecular weight excluding hydrogens is 479 g/mol. The van der Waals surface area contributed by atoms with E-state index in [1.807, 2.05) is 36.1 Å². The Kier molecular flexibility index (Phi) is 8.27. The van der Waals surface area contributed by atoms with Crippen molar-refractivity contribution in [1.29, 1.82) is 0 Å². The van der Waals surface area contributed by atoms with Crippen molar-refractivity contribution in [3.8, 4) is 5.75 Å². The molecule has 0 spiro atoms. The number of nitrogens with zero attached hydrogens (tertiary/aromatic N) is 1. The lowest BCUT2D eigenvalue weighted by Gasteiger charge is -2.41. The van der Waals surface area contributed by atoms with E-state index in [4.69, 9.17) is 21.4 Å². The van der Waals surface area contributed by atoms with Gasteiger partial charge >= 0.3 is 6.11 Å². The van der Waals surface area contributed by atoms with Crippen LogP contribution in [-0.2, 0) is 6.42 Å². The quantitative estimate of drug-likeness (QED) is 0.300. The SMILES string of the molecule is C[C@@H]1Cc2c([nH]c3ccccc23)[C@@H](c2cc(OCCNCCCF)ccc2Cl)N1CCC(O)(F)F. The van der Waals surface area contributed by atoms with E-state index in [1.54, 1.807) is 12.1 Å². The van der Waals surface area contributed by atoms with Gasteiger partial charge in [0.05, 0.1) is 19.1 Å². The molecule has 0 amide bonds. The summed E-state index contributed by atoms with van der Waals surface area (Å²) in [6, 6.07) is 12.9. The van der Waals surface area contributed by atoms with E-state index in [2.05, 4.69) is 16.4 Å². The number of alkyl halides is 3. The second-order valence-electron chi connectivity index (χ2n) is 9.00. The normalized spacial score (nSPS) is 18.7. The van der Waals surface area contributed by atoms with E-state index in [9.17, 15) is 13.2 Å². The molecule has 0 bridgehead atoms. The molecule has 0 saturated heterocycles. The van der Waals surface area contributed by atoms with Crippen molar-refractivity contribution in [2.24, 2.45) is 0 Å². The third-order valence-electron chi connectivity index (χ3n) is 6.49. The number of H-pyrrole nitrogens is 1. The summed E-state index contributed by atoms with van der Waals surface area (Å²) >= 11 is 6.67. The molecule has 5 nitrogen and oxygen atoms in total. The summed E-state index contributed by atoms with van der Waals surface area (Å²) in [6.45, 7) is 3.19. The second-order valence-corrected chi connectivity index (χ2v) is 9.40. The molecule has 0 aliphatic carbocycles. The Labute approximate surface area is 208 Å². The molecular formula is C26H31ClF3N3O2. The number of ether oxygens (including phenoxy) is 1. The molecule has 2 atom stereocenters. The molecule has 0 fully saturated rings. The van der Waals surface area contributed by atoms with Gasteiger partial charge in [-0.05, 0) is 61.7 Å². The van der Waals surface area contributed by atoms with Gasteiger partial charge in [0.2, 0.25) is 0 Å². The first kappa shape index (κ1) is 25.8. The van der Waals surface area contributed by atoms with Gasteiger partial charge in [-0.25, -0.2) is 0 Å². The molecule has 2 aromatic carbocycles. The zero-order chi connectivity index (χ0) is 25.0. The number of benzene rings is 2. The molecule has 4 rings (SSSR count). The predicted molar refractivity (Wildman–Crippen MR) is 132 cm³/mol. The summed E-state index contributed by atoms with van der Waals surface area (Å²) in [5, 5.41) is 13.9. The van der Waals surface area contributed by atoms with Crippen molar-refractivity contribution in [2.75, 3.05) is 32.9 Å². The molecule has 1 aliphatic rings. The predicted octanol–water partition coefficient (Wildman–Crippen LogP) is 5.46. The third kappa shape index (κ3) is 6.12. The van der Waals surface area contributed by atoms with Gasteiger partial charge < -0.3 is 20.1 Å². The number of para-hydroxylation sites is 1. The first-order valence-electron chi connectivity index (χ1n) is 11.9. The van der Waals surface area contributed by atoms with Crippen molar-refractivity contribution in [3.05, 3.63) is 64.3 Å². The molecule has 0 unspecified atom stereocenters. The number of fused-ring (bicyclic) bond motifs is 3. The zero-order valence-electron chi connectivity index (χ0n) is 19.7. The van der Waals surface area contributed by atoms with Crippen LogP contribution in [0.3, 0.4) is 0 Å². The van der Waals surface area contributed by atoms with Gasteiger partial charge in [-0.2, -0.15) is 8.78 Å². The van der Waals surface area contributed by atoms with E-state index in [0.29, 0.717) is 43.3 Å². The zero-order valence-corrected chi connectivity index (χ0v) is 20.4. The van der Waals surface area contributed by atoms with E-state index >= 15 is 0 Å². The Bertz CT molecular complexity index is 1130. The lowest BCUT2D eigenvalue weighted by molar-refractivity contribution is -0.206. The molecule has 190 valence electrons. The molecule has 1 aliphatic heterocycles. The minimum Gasteiger partial charge on any atom is -0.492 e. The Hall–Kier alpha value is -2.26. The van der Waals surface area contributed by atoms with Crippen molar-refractivity contribution < 1.29 is 23.0 Å². The summed E-state index contributed by atoms with van der Waals surface area (Å²) in [5.41, 5.74) is 3.78. The minimum absolute atomic E-state index is 0.00988. The monoisotopic (exact) mass is 509 g/mol. The van der Waals surface area contributed by atoms with Crippen molar-refractivity contribution in [1.82, 2.24) is 15.2 Å². The average molecular weight is 510 g/mol. The molecule has 3 aromatic rings. The van der Waals surface area contributed by atoms with Crippen molar-refractivity contribution in [3.63, 3.8) is 0 Å². The smallest absolute Gasteiger partial charge is 0.354 e. The molecule has 3 N–H and O–H groups in total. The Morgan fingerprint density at radius 1 is 1.23 bits per heavy atom. The van der Waals surface area contributed by atoms with Gasteiger partial charge in [-0.15, -0.1) is 0 Å². The fraction of sp³-hybridized carbons (Fsp3) is 0.462. The number of halogens is 4. The van der Waals surface area contributed by atoms with E-state index in [1.165, 1.54) is 0 Å². The largest absolute Gasteiger partial charge is 0.492 e. The first-order valence-corrected chi connectivity index (χ1v) is 12.3. The summed E-state index contributed by atoms with van der Waals surface area (Å²) < 4.78 is 45.0. The summed E-state index contributed by atoms with van der Waals surface area (Å²) in [4.78, 5) is 5.46. The second kappa shape index (κ2) is 11.2. The Balaban J connectivity index is 1.67. The highest BCUT2D eigenvalue weighted by Crippen LogP contribution is 2.44. The standard InChI is InChI=1S/C26H31ClF3N3O2/c1-17-15-20-19-5-2-3-6-23(19)32-24(20)25(33(17)13-9-26(29,30)34)21-16-18(7-8-22(21)27)35-14-12-31-11-4-10-28/h2-3,5-8,16-17,25,31-32,34H,4,9-15H2,1H3/t17-,25-/m1/s1. The number of rotatable bonds is 11. The van der Waals surface area contributed by atoms with Gasteiger partial charge in [-0.1, -0.05) is 29.8 Å². The highest BCUT2D eigenvalue weighted by atomic mass is 35.5. The number of aliphatic hydroxyl groups is 1. The lowest BCUT2D eigenvalue weighted by atomic mass is 9.88. The van der Waals surface area contributed by atoms with Gasteiger partial charge in [-0.3, -0.25) is 9.29 Å². The van der Waals surface area contributed by atoms with Crippen LogP contribution in [0.5, 0.6) is 5.75 Å². The van der Waals surface area contributed by atoms with Crippen LogP contribution in [-0.4, -0.2) is 60.1 Å². The maximum Gasteiger partial charge on any atom is 0.354 e. The molecule has 0 radical (unpaired) electrons. The molecule has 0 saturated carbocycles. The maximum atomic E-state index is 13.4. The van der Waals surface area contributed by atoms with Crippen molar-refractivity contribution in [2.45, 2.75) is 44.4 Å². The third-order valence-corrected chi connectivity index (χ3v) is 6.83. The van der Waals surface area contributed by atoms with Crippen LogP contribution in [0.4, 0.5) is 13.2 Å². The van der Waals surface area contributed by atoms with Crippen LogP contribution < -0.4 is 10.1 Å². The molecule has 9 heteroatoms. The van der Waals surface area contributed by atoms with Gasteiger partial charge in [0.1, 0.15) is 12.4 Å². The minimum atomic E-state index is -3.76. The number of nitrogens with one attached hydrogen (secondary N) is 2. The number of hydrogen-bond acceptors (Lipinski definition) is 4. The average Bonchev–Trinajstić information content (AvgIpc) is 3.18. The van der Waals surface area contributed by atoms with Crippen LogP contribution in [0.15, 0.2) is 42.5 Å². The maximum absolute atomic E-state index is 13.4. The van der Waals surface area contributed by atoms with Crippen molar-refractivity contribution >= 4 is 22.5 Å². The van der Waals surface area contributed by atoms with Crippen LogP contribution in [0, 0.1) is 0 Å². The van der Waals surface area contributed by atoms with Crippen LogP contribution >= 0.6 is 11.6 Å². The number of aromatic nitrogens is 1. The first-order chi connectivity index (χ1) is 16.8. The van der Waals surface area contributed by atoms with Gasteiger partial charge in [0, 0.05) is 40.8 Å². The number of hydrogen-bond donors (Lipinski definition) is 3. The number of aromatic amines is 1. The summed E-state index contributed by atoms with van der Waals surface area (Å²) in [6.07, 6.45) is -3.29. The fourth-order valence-electron chi connectivity index (χ4n) is 4.83. The van der Waals surface area contributed by atoms with E-state index in [0.717, 1.165) is 27.7 Å². The molecule has 1 aromatic heterocycles. The van der Waals surface area contributed by atoms with Crippen LogP contribution in [0.2, 0.25) is 5.02 Å².